The van der Waals surface area contributed by atoms with Crippen molar-refractivity contribution in [2.45, 2.75) is 43.9 Å². The summed E-state index contributed by atoms with van der Waals surface area (Å²) in [5.41, 5.74) is 4.53. The fourth-order valence-corrected chi connectivity index (χ4v) is 6.08. The lowest BCUT2D eigenvalue weighted by atomic mass is 9.94. The van der Waals surface area contributed by atoms with Crippen molar-refractivity contribution < 1.29 is 13.3 Å². The van der Waals surface area contributed by atoms with Gasteiger partial charge < -0.3 is 14.4 Å². The van der Waals surface area contributed by atoms with E-state index < -0.39 is 11.2 Å². The van der Waals surface area contributed by atoms with Crippen LogP contribution in [-0.4, -0.2) is 33.4 Å². The Kier molecular flexibility index (Phi) is 5.80. The molecule has 0 amide bonds. The van der Waals surface area contributed by atoms with Gasteiger partial charge in [-0.25, -0.2) is 8.78 Å². The highest BCUT2D eigenvalue weighted by atomic mass is 32.2. The first-order valence-electron chi connectivity index (χ1n) is 12.1. The van der Waals surface area contributed by atoms with Gasteiger partial charge in [0, 0.05) is 71.3 Å². The molecule has 0 saturated carbocycles. The van der Waals surface area contributed by atoms with Gasteiger partial charge in [-0.3, -0.25) is 4.98 Å². The molecule has 2 aliphatic rings. The molecule has 5 nitrogen and oxygen atoms in total. The zero-order valence-corrected chi connectivity index (χ0v) is 21.0. The molecule has 36 heavy (non-hydrogen) atoms. The smallest absolute Gasteiger partial charge is 0.246 e. The van der Waals surface area contributed by atoms with Gasteiger partial charge in [0.25, 0.3) is 0 Å². The Balaban J connectivity index is 1.42. The third-order valence-electron chi connectivity index (χ3n) is 7.37. The predicted molar refractivity (Wildman–Crippen MR) is 139 cm³/mol. The van der Waals surface area contributed by atoms with Crippen LogP contribution in [0.5, 0.6) is 0 Å². The number of aromatic nitrogens is 2. The van der Waals surface area contributed by atoms with Gasteiger partial charge in [-0.1, -0.05) is 24.3 Å². The van der Waals surface area contributed by atoms with Crippen LogP contribution < -0.4 is 9.80 Å². The van der Waals surface area contributed by atoms with Crippen LogP contribution in [0, 0.1) is 11.6 Å². The van der Waals surface area contributed by atoms with Crippen LogP contribution in [0.25, 0.3) is 10.8 Å². The second-order valence-electron chi connectivity index (χ2n) is 9.60. The third-order valence-corrected chi connectivity index (χ3v) is 8.17. The van der Waals surface area contributed by atoms with Crippen molar-refractivity contribution in [2.24, 2.45) is 0 Å². The fraction of sp³-hybridized carbons (Fsp3) is 0.286. The lowest BCUT2D eigenvalue weighted by Gasteiger charge is -2.39. The first-order valence-corrected chi connectivity index (χ1v) is 13.6. The standard InChI is InChI=1S/C28H26F2N4OS/c1-17-11-19-13-31-14-24(30)22(19)16-34(17)28-21-9-10-33(15-20(21)12-26(32-28)36(2)35)25-8-4-6-18-5-3-7-23(29)27(18)25/h3-8,12-14,17H,9-11,15-16H2,1-2H3/t17-,36?/m1/s1. The molecular formula is C28H26F2N4OS. The molecule has 2 aromatic heterocycles. The molecule has 0 saturated heterocycles. The number of fused-ring (bicyclic) bond motifs is 3. The molecule has 1 unspecified atom stereocenters. The second kappa shape index (κ2) is 9.01. The van der Waals surface area contributed by atoms with E-state index in [1.54, 1.807) is 18.5 Å². The Morgan fingerprint density at radius 1 is 1.00 bits per heavy atom. The van der Waals surface area contributed by atoms with Gasteiger partial charge in [-0.15, -0.1) is 0 Å². The zero-order valence-electron chi connectivity index (χ0n) is 20.2. The molecule has 4 aromatic rings. The quantitative estimate of drug-likeness (QED) is 0.361. The zero-order chi connectivity index (χ0) is 25.0. The van der Waals surface area contributed by atoms with E-state index in [-0.39, 0.29) is 17.7 Å². The number of anilines is 2. The van der Waals surface area contributed by atoms with Crippen LogP contribution in [0.2, 0.25) is 0 Å². The molecular weight excluding hydrogens is 478 g/mol. The fourth-order valence-electron chi connectivity index (χ4n) is 5.55. The Morgan fingerprint density at radius 2 is 1.81 bits per heavy atom. The maximum absolute atomic E-state index is 14.9. The van der Waals surface area contributed by atoms with Crippen LogP contribution in [0.3, 0.4) is 0 Å². The van der Waals surface area contributed by atoms with E-state index in [1.807, 2.05) is 30.3 Å². The minimum absolute atomic E-state index is 0.0865. The van der Waals surface area contributed by atoms with E-state index in [4.69, 9.17) is 4.98 Å². The summed E-state index contributed by atoms with van der Waals surface area (Å²) in [5, 5.41) is 1.98. The van der Waals surface area contributed by atoms with Crippen molar-refractivity contribution in [3.8, 4) is 0 Å². The molecule has 0 spiro atoms. The average molecular weight is 505 g/mol. The lowest BCUT2D eigenvalue weighted by molar-refractivity contribution is 0.533. The van der Waals surface area contributed by atoms with Crippen molar-refractivity contribution in [1.82, 2.24) is 9.97 Å². The molecule has 184 valence electrons. The highest BCUT2D eigenvalue weighted by Gasteiger charge is 2.32. The Labute approximate surface area is 212 Å². The number of benzene rings is 2. The third kappa shape index (κ3) is 3.89. The maximum Gasteiger partial charge on any atom is 0.246 e. The van der Waals surface area contributed by atoms with Crippen LogP contribution in [0.15, 0.2) is 59.9 Å². The van der Waals surface area contributed by atoms with E-state index in [9.17, 15) is 13.3 Å². The number of hydrogen-bond donors (Lipinski definition) is 0. The molecule has 0 fully saturated rings. The van der Waals surface area contributed by atoms with E-state index in [0.29, 0.717) is 48.5 Å². The molecule has 0 aliphatic carbocycles. The predicted octanol–water partition coefficient (Wildman–Crippen LogP) is 5.16. The molecule has 4 heterocycles. The lowest BCUT2D eigenvalue weighted by Crippen LogP contribution is -2.41. The highest BCUT2D eigenvalue weighted by Crippen LogP contribution is 2.38. The van der Waals surface area contributed by atoms with Crippen LogP contribution in [0.4, 0.5) is 20.3 Å². The van der Waals surface area contributed by atoms with Crippen molar-refractivity contribution in [3.05, 3.63) is 88.7 Å². The highest BCUT2D eigenvalue weighted by molar-refractivity contribution is 7.90. The molecule has 2 aliphatic heterocycles. The van der Waals surface area contributed by atoms with Gasteiger partial charge in [0.2, 0.25) is 5.03 Å². The van der Waals surface area contributed by atoms with Crippen molar-refractivity contribution >= 4 is 33.5 Å². The van der Waals surface area contributed by atoms with Gasteiger partial charge in [0.1, 0.15) is 23.7 Å². The summed E-state index contributed by atoms with van der Waals surface area (Å²) in [5.74, 6) is 0.227. The minimum atomic E-state index is -1.28. The molecule has 0 N–H and O–H groups in total. The summed E-state index contributed by atoms with van der Waals surface area (Å²) in [6, 6.07) is 13.0. The summed E-state index contributed by atoms with van der Waals surface area (Å²) >= 11 is -1.28. The summed E-state index contributed by atoms with van der Waals surface area (Å²) in [6.07, 6.45) is 5.99. The normalized spacial score (nSPS) is 18.2. The van der Waals surface area contributed by atoms with Crippen LogP contribution in [-0.2, 0) is 37.1 Å². The van der Waals surface area contributed by atoms with Crippen molar-refractivity contribution in [2.75, 3.05) is 22.6 Å². The van der Waals surface area contributed by atoms with E-state index in [2.05, 4.69) is 21.7 Å². The first-order chi connectivity index (χ1) is 17.4. The monoisotopic (exact) mass is 504 g/mol. The number of halogens is 2. The van der Waals surface area contributed by atoms with Crippen LogP contribution >= 0.6 is 0 Å². The summed E-state index contributed by atoms with van der Waals surface area (Å²) in [7, 11) is 0. The first kappa shape index (κ1) is 23.2. The molecule has 8 heteroatoms. The molecule has 2 atom stereocenters. The topological polar surface area (TPSA) is 55.3 Å². The van der Waals surface area contributed by atoms with E-state index in [1.165, 1.54) is 12.3 Å². The van der Waals surface area contributed by atoms with Gasteiger partial charge in [0.15, 0.2) is 0 Å². The maximum atomic E-state index is 14.9. The van der Waals surface area contributed by atoms with Crippen molar-refractivity contribution in [3.63, 3.8) is 0 Å². The molecule has 2 aromatic carbocycles. The van der Waals surface area contributed by atoms with Gasteiger partial charge in [-0.2, -0.15) is 4.98 Å². The average Bonchev–Trinajstić information content (AvgIpc) is 2.87. The number of nitrogens with zero attached hydrogens (tertiary/aromatic N) is 4. The van der Waals surface area contributed by atoms with Gasteiger partial charge in [0.05, 0.1) is 6.20 Å². The number of pyridine rings is 2. The minimum Gasteiger partial charge on any atom is -0.610 e. The van der Waals surface area contributed by atoms with E-state index in [0.717, 1.165) is 33.6 Å². The van der Waals surface area contributed by atoms with Crippen molar-refractivity contribution in [1.29, 1.82) is 0 Å². The number of hydrogen-bond acceptors (Lipinski definition) is 5. The van der Waals surface area contributed by atoms with Gasteiger partial charge in [-0.05, 0) is 48.4 Å². The summed E-state index contributed by atoms with van der Waals surface area (Å²) in [4.78, 5) is 13.2. The Hall–Kier alpha value is -3.23. The van der Waals surface area contributed by atoms with E-state index >= 15 is 0 Å². The largest absolute Gasteiger partial charge is 0.610 e. The number of rotatable bonds is 3. The Morgan fingerprint density at radius 3 is 2.61 bits per heavy atom. The van der Waals surface area contributed by atoms with Gasteiger partial charge >= 0.3 is 0 Å². The summed E-state index contributed by atoms with van der Waals surface area (Å²) < 4.78 is 42.1. The molecule has 0 radical (unpaired) electrons. The second-order valence-corrected chi connectivity index (χ2v) is 10.9. The van der Waals surface area contributed by atoms with Crippen LogP contribution in [0.1, 0.15) is 29.2 Å². The Bertz CT molecular complexity index is 1470. The molecule has 0 bridgehead atoms. The molecule has 6 rings (SSSR count). The SMILES string of the molecule is C[C@@H]1Cc2cncc(F)c2CN1c1nc([S+](C)[O-])cc2c1CCN(c1cccc3cccc(F)c13)C2. The summed E-state index contributed by atoms with van der Waals surface area (Å²) in [6.45, 7) is 3.74.